The summed E-state index contributed by atoms with van der Waals surface area (Å²) in [5.41, 5.74) is 1.22. The van der Waals surface area contributed by atoms with Gasteiger partial charge in [0.15, 0.2) is 0 Å². The number of ether oxygens (including phenoxy) is 1. The molecule has 28 heavy (non-hydrogen) atoms. The molecule has 3 rings (SSSR count). The predicted molar refractivity (Wildman–Crippen MR) is 111 cm³/mol. The standard InChI is InChI=1S/C18H28N4O4S.ClH/c1-20(2)27(24,25)15-4-5-17(21-10-12-26-13-11-21)16(14-15)18(23)22-8-3-6-19-7-9-22;/h4-5,14,19H,3,6-13H2,1-2H3;1H. The van der Waals surface area contributed by atoms with E-state index in [1.165, 1.54) is 24.5 Å². The smallest absolute Gasteiger partial charge is 0.256 e. The van der Waals surface area contributed by atoms with Crippen molar-refractivity contribution >= 4 is 34.0 Å². The highest BCUT2D eigenvalue weighted by atomic mass is 35.5. The van der Waals surface area contributed by atoms with Gasteiger partial charge in [0.05, 0.1) is 23.7 Å². The van der Waals surface area contributed by atoms with E-state index in [4.69, 9.17) is 4.74 Å². The average molecular weight is 433 g/mol. The lowest BCUT2D eigenvalue weighted by Gasteiger charge is -2.32. The third kappa shape index (κ3) is 4.96. The van der Waals surface area contributed by atoms with Crippen LogP contribution in [0.15, 0.2) is 23.1 Å². The Bertz CT molecular complexity index is 774. The van der Waals surface area contributed by atoms with Crippen molar-refractivity contribution in [2.24, 2.45) is 0 Å². The van der Waals surface area contributed by atoms with E-state index in [2.05, 4.69) is 10.2 Å². The third-order valence-electron chi connectivity index (χ3n) is 4.96. The number of carbonyl (C=O) groups is 1. The van der Waals surface area contributed by atoms with Crippen molar-refractivity contribution < 1.29 is 17.9 Å². The van der Waals surface area contributed by atoms with E-state index in [0.717, 1.165) is 25.2 Å². The summed E-state index contributed by atoms with van der Waals surface area (Å²) in [7, 11) is -0.625. The van der Waals surface area contributed by atoms with E-state index in [9.17, 15) is 13.2 Å². The van der Waals surface area contributed by atoms with Crippen molar-refractivity contribution in [3.05, 3.63) is 23.8 Å². The van der Waals surface area contributed by atoms with Crippen LogP contribution in [0, 0.1) is 0 Å². The molecule has 0 saturated carbocycles. The summed E-state index contributed by atoms with van der Waals surface area (Å²) < 4.78 is 31.7. The van der Waals surface area contributed by atoms with Gasteiger partial charge in [-0.25, -0.2) is 12.7 Å². The van der Waals surface area contributed by atoms with Gasteiger partial charge in [-0.05, 0) is 31.2 Å². The molecule has 0 unspecified atom stereocenters. The second-order valence-electron chi connectivity index (χ2n) is 6.96. The molecule has 2 saturated heterocycles. The quantitative estimate of drug-likeness (QED) is 0.751. The van der Waals surface area contributed by atoms with Crippen molar-refractivity contribution in [1.82, 2.24) is 14.5 Å². The average Bonchev–Trinajstić information content (AvgIpc) is 2.97. The SMILES string of the molecule is CN(C)S(=O)(=O)c1ccc(N2CCOCC2)c(C(=O)N2CCCNCC2)c1.Cl. The minimum atomic E-state index is -3.61. The molecule has 0 spiro atoms. The van der Waals surface area contributed by atoms with Gasteiger partial charge in [-0.2, -0.15) is 0 Å². The fourth-order valence-electron chi connectivity index (χ4n) is 3.36. The van der Waals surface area contributed by atoms with Crippen LogP contribution >= 0.6 is 12.4 Å². The molecule has 2 aliphatic heterocycles. The Balaban J connectivity index is 0.00000280. The zero-order valence-electron chi connectivity index (χ0n) is 16.4. The maximum Gasteiger partial charge on any atom is 0.256 e. The van der Waals surface area contributed by atoms with E-state index in [1.54, 1.807) is 12.1 Å². The van der Waals surface area contributed by atoms with E-state index < -0.39 is 10.0 Å². The van der Waals surface area contributed by atoms with Gasteiger partial charge in [0, 0.05) is 52.5 Å². The molecule has 158 valence electrons. The highest BCUT2D eigenvalue weighted by molar-refractivity contribution is 7.89. The number of halogens is 1. The molecule has 0 aromatic heterocycles. The predicted octanol–water partition coefficient (Wildman–Crippen LogP) is 0.631. The zero-order chi connectivity index (χ0) is 19.4. The number of hydrogen-bond donors (Lipinski definition) is 1. The maximum atomic E-state index is 13.3. The number of hydrogen-bond acceptors (Lipinski definition) is 6. The van der Waals surface area contributed by atoms with Gasteiger partial charge in [0.2, 0.25) is 10.0 Å². The summed E-state index contributed by atoms with van der Waals surface area (Å²) in [4.78, 5) is 17.3. The van der Waals surface area contributed by atoms with Gasteiger partial charge in [-0.15, -0.1) is 12.4 Å². The molecule has 0 atom stereocenters. The molecule has 2 aliphatic rings. The fourth-order valence-corrected chi connectivity index (χ4v) is 4.29. The molecular formula is C18H29ClN4O4S. The Morgan fingerprint density at radius 2 is 1.82 bits per heavy atom. The van der Waals surface area contributed by atoms with Crippen LogP contribution < -0.4 is 10.2 Å². The molecule has 8 nitrogen and oxygen atoms in total. The number of nitrogens with zero attached hydrogens (tertiary/aromatic N) is 3. The molecule has 2 fully saturated rings. The van der Waals surface area contributed by atoms with Crippen molar-refractivity contribution in [2.45, 2.75) is 11.3 Å². The molecule has 10 heteroatoms. The topological polar surface area (TPSA) is 82.2 Å². The van der Waals surface area contributed by atoms with Crippen molar-refractivity contribution in [3.63, 3.8) is 0 Å². The highest BCUT2D eigenvalue weighted by Gasteiger charge is 2.27. The number of morpholine rings is 1. The molecule has 0 aliphatic carbocycles. The van der Waals surface area contributed by atoms with Crippen molar-refractivity contribution in [3.8, 4) is 0 Å². The minimum absolute atomic E-state index is 0. The van der Waals surface area contributed by atoms with Crippen LogP contribution in [-0.2, 0) is 14.8 Å². The number of carbonyl (C=O) groups excluding carboxylic acids is 1. The molecule has 1 aromatic rings. The molecule has 2 heterocycles. The molecule has 0 radical (unpaired) electrons. The number of nitrogens with one attached hydrogen (secondary N) is 1. The van der Waals surface area contributed by atoms with Crippen LogP contribution in [0.25, 0.3) is 0 Å². The lowest BCUT2D eigenvalue weighted by Crippen LogP contribution is -2.39. The molecule has 1 aromatic carbocycles. The highest BCUT2D eigenvalue weighted by Crippen LogP contribution is 2.27. The Hall–Kier alpha value is -1.39. The molecular weight excluding hydrogens is 404 g/mol. The monoisotopic (exact) mass is 432 g/mol. The Kier molecular flexibility index (Phi) is 8.08. The largest absolute Gasteiger partial charge is 0.378 e. The second-order valence-corrected chi connectivity index (χ2v) is 9.11. The van der Waals surface area contributed by atoms with Crippen LogP contribution in [0.5, 0.6) is 0 Å². The van der Waals surface area contributed by atoms with Gasteiger partial charge in [-0.3, -0.25) is 4.79 Å². The molecule has 1 N–H and O–H groups in total. The second kappa shape index (κ2) is 9.89. The van der Waals surface area contributed by atoms with Crippen LogP contribution in [-0.4, -0.2) is 90.1 Å². The Morgan fingerprint density at radius 3 is 2.50 bits per heavy atom. The summed E-state index contributed by atoms with van der Waals surface area (Å²) >= 11 is 0. The Morgan fingerprint density at radius 1 is 1.11 bits per heavy atom. The first-order valence-electron chi connectivity index (χ1n) is 9.30. The van der Waals surface area contributed by atoms with Gasteiger partial charge in [0.1, 0.15) is 0 Å². The van der Waals surface area contributed by atoms with Gasteiger partial charge in [0.25, 0.3) is 5.91 Å². The Labute approximate surface area is 173 Å². The number of amides is 1. The van der Waals surface area contributed by atoms with E-state index in [1.807, 2.05) is 4.90 Å². The first-order chi connectivity index (χ1) is 12.9. The number of rotatable bonds is 4. The fraction of sp³-hybridized carbons (Fsp3) is 0.611. The zero-order valence-corrected chi connectivity index (χ0v) is 18.0. The summed E-state index contributed by atoms with van der Waals surface area (Å²) in [6.07, 6.45) is 0.883. The summed E-state index contributed by atoms with van der Waals surface area (Å²) in [6, 6.07) is 4.87. The van der Waals surface area contributed by atoms with Gasteiger partial charge >= 0.3 is 0 Å². The van der Waals surface area contributed by atoms with Crippen LogP contribution in [0.3, 0.4) is 0 Å². The summed E-state index contributed by atoms with van der Waals surface area (Å²) in [6.45, 7) is 5.47. The third-order valence-corrected chi connectivity index (χ3v) is 6.77. The maximum absolute atomic E-state index is 13.3. The first kappa shape index (κ1) is 22.9. The normalized spacial score (nSPS) is 18.5. The molecule has 0 bridgehead atoms. The van der Waals surface area contributed by atoms with Crippen LogP contribution in [0.4, 0.5) is 5.69 Å². The van der Waals surface area contributed by atoms with Gasteiger partial charge < -0.3 is 19.9 Å². The van der Waals surface area contributed by atoms with E-state index in [-0.39, 0.29) is 23.2 Å². The van der Waals surface area contributed by atoms with Crippen molar-refractivity contribution in [1.29, 1.82) is 0 Å². The van der Waals surface area contributed by atoms with Gasteiger partial charge in [-0.1, -0.05) is 0 Å². The lowest BCUT2D eigenvalue weighted by atomic mass is 10.1. The first-order valence-corrected chi connectivity index (χ1v) is 10.7. The van der Waals surface area contributed by atoms with E-state index in [0.29, 0.717) is 45.0 Å². The summed E-state index contributed by atoms with van der Waals surface area (Å²) in [5, 5.41) is 3.29. The van der Waals surface area contributed by atoms with Crippen LogP contribution in [0.2, 0.25) is 0 Å². The van der Waals surface area contributed by atoms with Crippen LogP contribution in [0.1, 0.15) is 16.8 Å². The number of sulfonamides is 1. The minimum Gasteiger partial charge on any atom is -0.378 e. The van der Waals surface area contributed by atoms with Crippen molar-refractivity contribution in [2.75, 3.05) is 71.5 Å². The lowest BCUT2D eigenvalue weighted by molar-refractivity contribution is 0.0765. The van der Waals surface area contributed by atoms with E-state index >= 15 is 0 Å². The number of benzene rings is 1. The number of anilines is 1. The summed E-state index contributed by atoms with van der Waals surface area (Å²) in [5.74, 6) is -0.115. The molecule has 1 amide bonds.